The number of hydrogen-bond acceptors (Lipinski definition) is 8. The highest BCUT2D eigenvalue weighted by Crippen LogP contribution is 2.35. The highest BCUT2D eigenvalue weighted by Gasteiger charge is 2.39. The fourth-order valence-electron chi connectivity index (χ4n) is 3.46. The first kappa shape index (κ1) is 22.0. The van der Waals surface area contributed by atoms with Crippen molar-refractivity contribution in [3.8, 4) is 6.01 Å². The van der Waals surface area contributed by atoms with E-state index < -0.39 is 18.1 Å². The molecule has 0 spiro atoms. The summed E-state index contributed by atoms with van der Waals surface area (Å²) in [5, 5.41) is 18.7. The number of rotatable bonds is 7. The highest BCUT2D eigenvalue weighted by atomic mass is 32.1. The van der Waals surface area contributed by atoms with E-state index in [1.54, 1.807) is 0 Å². The van der Waals surface area contributed by atoms with E-state index in [0.717, 1.165) is 27.7 Å². The molecule has 0 unspecified atom stereocenters. The minimum absolute atomic E-state index is 0.0354. The fraction of sp³-hybridized carbons (Fsp3) is 0.500. The van der Waals surface area contributed by atoms with E-state index >= 15 is 0 Å². The van der Waals surface area contributed by atoms with Gasteiger partial charge in [-0.2, -0.15) is 23.1 Å². The molecule has 1 amide bonds. The number of anilines is 1. The third-order valence-electron chi connectivity index (χ3n) is 4.82. The van der Waals surface area contributed by atoms with Crippen molar-refractivity contribution in [2.24, 2.45) is 0 Å². The molecule has 32 heavy (non-hydrogen) atoms. The van der Waals surface area contributed by atoms with Crippen LogP contribution in [0.4, 0.5) is 23.8 Å². The molecular weight excluding hydrogens is 451 g/mol. The SMILES string of the molecule is CCCc1cc2c(N3CCn4c(nnc4C(F)(F)F)C3)nc(OCCNC(=O)O)nc2s1. The number of hydrogen-bond donors (Lipinski definition) is 2. The highest BCUT2D eigenvalue weighted by molar-refractivity contribution is 7.18. The molecule has 3 aromatic heterocycles. The second kappa shape index (κ2) is 8.76. The Kier molecular flexibility index (Phi) is 6.04. The molecule has 4 rings (SSSR count). The van der Waals surface area contributed by atoms with Crippen LogP contribution in [0.1, 0.15) is 29.9 Å². The first-order chi connectivity index (χ1) is 15.3. The Morgan fingerprint density at radius 1 is 1.31 bits per heavy atom. The summed E-state index contributed by atoms with van der Waals surface area (Å²) in [6.07, 6.45) is -3.91. The Bertz CT molecular complexity index is 1130. The maximum Gasteiger partial charge on any atom is 0.451 e. The van der Waals surface area contributed by atoms with E-state index in [4.69, 9.17) is 9.84 Å². The predicted octanol–water partition coefficient (Wildman–Crippen LogP) is 2.92. The average Bonchev–Trinajstić information content (AvgIpc) is 3.33. The normalized spacial score (nSPS) is 13.9. The van der Waals surface area contributed by atoms with Crippen molar-refractivity contribution in [2.45, 2.75) is 39.0 Å². The summed E-state index contributed by atoms with van der Waals surface area (Å²) in [4.78, 5) is 23.2. The number of alkyl halides is 3. The molecule has 2 N–H and O–H groups in total. The van der Waals surface area contributed by atoms with Crippen LogP contribution < -0.4 is 15.0 Å². The summed E-state index contributed by atoms with van der Waals surface area (Å²) in [6, 6.07) is 2.07. The van der Waals surface area contributed by atoms with E-state index in [1.165, 1.54) is 11.3 Å². The number of carbonyl (C=O) groups is 1. The molecule has 0 saturated heterocycles. The molecule has 3 aromatic rings. The first-order valence-corrected chi connectivity index (χ1v) is 10.7. The van der Waals surface area contributed by atoms with Gasteiger partial charge in [0.05, 0.1) is 18.5 Å². The molecule has 0 fully saturated rings. The van der Waals surface area contributed by atoms with Crippen molar-refractivity contribution in [3.05, 3.63) is 22.6 Å². The number of thiophene rings is 1. The average molecular weight is 471 g/mol. The summed E-state index contributed by atoms with van der Waals surface area (Å²) < 4.78 is 46.1. The van der Waals surface area contributed by atoms with Gasteiger partial charge in [0.1, 0.15) is 17.3 Å². The standard InChI is InChI=1S/C18H20F3N7O3S/c1-2-3-10-8-11-13(23-16(24-14(11)32-10)31-7-4-22-17(29)30)27-5-6-28-12(9-27)25-26-15(28)18(19,20)21/h8,22H,2-7,9H2,1H3,(H,29,30). The van der Waals surface area contributed by atoms with Gasteiger partial charge in [-0.1, -0.05) is 13.3 Å². The topological polar surface area (TPSA) is 118 Å². The van der Waals surface area contributed by atoms with Gasteiger partial charge in [-0.15, -0.1) is 21.5 Å². The molecule has 0 atom stereocenters. The van der Waals surface area contributed by atoms with Crippen molar-refractivity contribution in [1.29, 1.82) is 0 Å². The number of halogens is 3. The Balaban J connectivity index is 1.64. The van der Waals surface area contributed by atoms with Gasteiger partial charge < -0.3 is 24.6 Å². The lowest BCUT2D eigenvalue weighted by Crippen LogP contribution is -2.36. The zero-order valence-electron chi connectivity index (χ0n) is 17.0. The molecule has 0 saturated carbocycles. The molecule has 0 bridgehead atoms. The lowest BCUT2D eigenvalue weighted by atomic mass is 10.2. The van der Waals surface area contributed by atoms with Gasteiger partial charge in [0.2, 0.25) is 5.82 Å². The van der Waals surface area contributed by atoms with E-state index in [0.29, 0.717) is 10.6 Å². The van der Waals surface area contributed by atoms with Gasteiger partial charge >= 0.3 is 18.3 Å². The van der Waals surface area contributed by atoms with E-state index in [1.807, 2.05) is 11.0 Å². The number of amides is 1. The van der Waals surface area contributed by atoms with Crippen LogP contribution in [0.2, 0.25) is 0 Å². The van der Waals surface area contributed by atoms with Crippen molar-refractivity contribution >= 4 is 33.5 Å². The quantitative estimate of drug-likeness (QED) is 0.505. The number of nitrogens with one attached hydrogen (secondary N) is 1. The van der Waals surface area contributed by atoms with Crippen LogP contribution in [0.5, 0.6) is 6.01 Å². The van der Waals surface area contributed by atoms with Crippen LogP contribution in [-0.2, 0) is 25.7 Å². The van der Waals surface area contributed by atoms with Crippen LogP contribution in [0.15, 0.2) is 6.07 Å². The Labute approximate surface area is 184 Å². The summed E-state index contributed by atoms with van der Waals surface area (Å²) in [5.74, 6) is -0.263. The summed E-state index contributed by atoms with van der Waals surface area (Å²) in [5.41, 5.74) is 0. The third kappa shape index (κ3) is 4.54. The zero-order chi connectivity index (χ0) is 22.9. The Hall–Kier alpha value is -3.16. The molecule has 14 heteroatoms. The lowest BCUT2D eigenvalue weighted by Gasteiger charge is -2.29. The van der Waals surface area contributed by atoms with E-state index in [9.17, 15) is 18.0 Å². The maximum atomic E-state index is 13.1. The lowest BCUT2D eigenvalue weighted by molar-refractivity contribution is -0.147. The molecule has 172 valence electrons. The van der Waals surface area contributed by atoms with Crippen molar-refractivity contribution in [2.75, 3.05) is 24.6 Å². The van der Waals surface area contributed by atoms with Crippen LogP contribution in [0, 0.1) is 0 Å². The monoisotopic (exact) mass is 471 g/mol. The summed E-state index contributed by atoms with van der Waals surface area (Å²) in [6.45, 7) is 2.61. The number of aryl methyl sites for hydroxylation is 1. The number of ether oxygens (including phenoxy) is 1. The molecule has 0 aliphatic carbocycles. The van der Waals surface area contributed by atoms with Gasteiger partial charge in [-0.05, 0) is 12.5 Å². The molecule has 4 heterocycles. The largest absolute Gasteiger partial charge is 0.465 e. The van der Waals surface area contributed by atoms with Gasteiger partial charge in [0, 0.05) is 18.0 Å². The minimum atomic E-state index is -4.57. The van der Waals surface area contributed by atoms with Crippen LogP contribution >= 0.6 is 11.3 Å². The molecule has 0 radical (unpaired) electrons. The van der Waals surface area contributed by atoms with Gasteiger partial charge in [0.15, 0.2) is 5.82 Å². The van der Waals surface area contributed by atoms with E-state index in [2.05, 4.69) is 32.4 Å². The second-order valence-corrected chi connectivity index (χ2v) is 8.22. The van der Waals surface area contributed by atoms with Gasteiger partial charge in [-0.25, -0.2) is 4.79 Å². The molecule has 0 aromatic carbocycles. The Morgan fingerprint density at radius 3 is 2.84 bits per heavy atom. The Morgan fingerprint density at radius 2 is 2.12 bits per heavy atom. The summed E-state index contributed by atoms with van der Waals surface area (Å²) in [7, 11) is 0. The molecular formula is C18H20F3N7O3S. The fourth-order valence-corrected chi connectivity index (χ4v) is 4.58. The summed E-state index contributed by atoms with van der Waals surface area (Å²) >= 11 is 1.50. The molecule has 10 nitrogen and oxygen atoms in total. The zero-order valence-corrected chi connectivity index (χ0v) is 17.8. The van der Waals surface area contributed by atoms with Crippen LogP contribution in [-0.4, -0.2) is 55.6 Å². The number of carboxylic acid groups (broad SMARTS) is 1. The number of nitrogens with zero attached hydrogens (tertiary/aromatic N) is 6. The second-order valence-electron chi connectivity index (χ2n) is 7.10. The smallest absolute Gasteiger partial charge is 0.451 e. The minimum Gasteiger partial charge on any atom is -0.465 e. The van der Waals surface area contributed by atoms with Crippen molar-refractivity contribution in [1.82, 2.24) is 30.0 Å². The number of aromatic nitrogens is 5. The van der Waals surface area contributed by atoms with Crippen molar-refractivity contribution in [3.63, 3.8) is 0 Å². The van der Waals surface area contributed by atoms with Crippen LogP contribution in [0.25, 0.3) is 10.2 Å². The van der Waals surface area contributed by atoms with E-state index in [-0.39, 0.29) is 44.6 Å². The van der Waals surface area contributed by atoms with Gasteiger partial charge in [-0.3, -0.25) is 0 Å². The molecule has 1 aliphatic heterocycles. The van der Waals surface area contributed by atoms with Gasteiger partial charge in [0.25, 0.3) is 0 Å². The van der Waals surface area contributed by atoms with Crippen LogP contribution in [0.3, 0.4) is 0 Å². The molecule has 1 aliphatic rings. The van der Waals surface area contributed by atoms with Crippen molar-refractivity contribution < 1.29 is 27.8 Å². The third-order valence-corrected chi connectivity index (χ3v) is 5.90. The number of fused-ring (bicyclic) bond motifs is 2. The first-order valence-electron chi connectivity index (χ1n) is 9.90. The predicted molar refractivity (Wildman–Crippen MR) is 109 cm³/mol. The maximum absolute atomic E-state index is 13.1.